The third kappa shape index (κ3) is 3.45. The number of benzene rings is 1. The normalized spacial score (nSPS) is 10.3. The minimum Gasteiger partial charge on any atom is -0.293 e. The number of thioether (sulfide) groups is 1. The number of aromatic nitrogens is 2. The molecule has 0 amide bonds. The van der Waals surface area contributed by atoms with Gasteiger partial charge < -0.3 is 0 Å². The highest BCUT2D eigenvalue weighted by molar-refractivity contribution is 7.99. The Hall–Kier alpha value is -1.10. The number of carbonyl (C=O) groups excluding carboxylic acids is 1. The molecule has 0 saturated carbocycles. The van der Waals surface area contributed by atoms with Crippen LogP contribution in [0.2, 0.25) is 10.0 Å². The molecule has 2 rings (SSSR count). The molecular formula is C12H8Cl2N2OS. The third-order valence-corrected chi connectivity index (χ3v) is 3.60. The molecule has 6 heteroatoms. The maximum absolute atomic E-state index is 12.0. The number of rotatable bonds is 4. The molecule has 0 aliphatic heterocycles. The summed E-state index contributed by atoms with van der Waals surface area (Å²) >= 11 is 13.1. The predicted octanol–water partition coefficient (Wildman–Crippen LogP) is 3.76. The molecule has 1 heterocycles. The van der Waals surface area contributed by atoms with E-state index >= 15 is 0 Å². The summed E-state index contributed by atoms with van der Waals surface area (Å²) in [5, 5.41) is 1.60. The summed E-state index contributed by atoms with van der Waals surface area (Å²) in [6.07, 6.45) is 4.77. The Bertz CT molecular complexity index is 563. The van der Waals surface area contributed by atoms with Crippen molar-refractivity contribution < 1.29 is 4.79 Å². The maximum Gasteiger partial charge on any atom is 0.174 e. The van der Waals surface area contributed by atoms with Gasteiger partial charge in [-0.15, -0.1) is 0 Å². The molecule has 1 aromatic heterocycles. The number of hydrogen-bond donors (Lipinski definition) is 0. The maximum atomic E-state index is 12.0. The van der Waals surface area contributed by atoms with Crippen LogP contribution in [0.4, 0.5) is 0 Å². The van der Waals surface area contributed by atoms with Gasteiger partial charge in [0.1, 0.15) is 5.03 Å². The zero-order valence-corrected chi connectivity index (χ0v) is 11.5. The smallest absolute Gasteiger partial charge is 0.174 e. The molecule has 1 aromatic carbocycles. The van der Waals surface area contributed by atoms with Crippen molar-refractivity contribution in [3.05, 3.63) is 52.4 Å². The van der Waals surface area contributed by atoms with Gasteiger partial charge in [0.2, 0.25) is 0 Å². The van der Waals surface area contributed by atoms with Crippen LogP contribution < -0.4 is 0 Å². The topological polar surface area (TPSA) is 42.9 Å². The highest BCUT2D eigenvalue weighted by Gasteiger charge is 2.11. The van der Waals surface area contributed by atoms with Gasteiger partial charge in [0.25, 0.3) is 0 Å². The molecule has 0 N–H and O–H groups in total. The van der Waals surface area contributed by atoms with Crippen LogP contribution in [0.15, 0.2) is 41.8 Å². The Labute approximate surface area is 119 Å². The second-order valence-electron chi connectivity index (χ2n) is 3.38. The molecule has 2 aromatic rings. The van der Waals surface area contributed by atoms with Crippen LogP contribution in [0.25, 0.3) is 0 Å². The van der Waals surface area contributed by atoms with Crippen molar-refractivity contribution in [3.8, 4) is 0 Å². The summed E-state index contributed by atoms with van der Waals surface area (Å²) in [5.41, 5.74) is 0.431. The minimum atomic E-state index is -0.0850. The van der Waals surface area contributed by atoms with E-state index in [0.717, 1.165) is 0 Å². The Morgan fingerprint density at radius 1 is 1.28 bits per heavy atom. The van der Waals surface area contributed by atoms with Crippen molar-refractivity contribution in [1.29, 1.82) is 0 Å². The predicted molar refractivity (Wildman–Crippen MR) is 73.5 cm³/mol. The van der Waals surface area contributed by atoms with Crippen LogP contribution in [0, 0.1) is 0 Å². The van der Waals surface area contributed by atoms with Crippen molar-refractivity contribution in [2.45, 2.75) is 5.03 Å². The van der Waals surface area contributed by atoms with Gasteiger partial charge in [0, 0.05) is 23.0 Å². The van der Waals surface area contributed by atoms with E-state index in [1.54, 1.807) is 36.8 Å². The molecule has 0 bridgehead atoms. The summed E-state index contributed by atoms with van der Waals surface area (Å²) in [7, 11) is 0. The van der Waals surface area contributed by atoms with Crippen molar-refractivity contribution in [3.63, 3.8) is 0 Å². The monoisotopic (exact) mass is 298 g/mol. The number of Topliss-reactive ketones (excluding diaryl/α,β-unsaturated/α-hetero) is 1. The fourth-order valence-electron chi connectivity index (χ4n) is 1.29. The molecule has 0 saturated heterocycles. The van der Waals surface area contributed by atoms with E-state index in [0.29, 0.717) is 20.6 Å². The summed E-state index contributed by atoms with van der Waals surface area (Å²) < 4.78 is 0. The van der Waals surface area contributed by atoms with Crippen LogP contribution >= 0.6 is 35.0 Å². The standard InChI is InChI=1S/C12H8Cl2N2OS/c13-8-1-2-10(14)9(5-8)11(17)7-18-12-6-15-3-4-16-12/h1-6H,7H2. The molecule has 0 aliphatic rings. The summed E-state index contributed by atoms with van der Waals surface area (Å²) in [6, 6.07) is 4.84. The largest absolute Gasteiger partial charge is 0.293 e. The van der Waals surface area contributed by atoms with Crippen LogP contribution in [0.5, 0.6) is 0 Å². The van der Waals surface area contributed by atoms with Gasteiger partial charge in [-0.3, -0.25) is 9.78 Å². The Kier molecular flexibility index (Phi) is 4.58. The number of hydrogen-bond acceptors (Lipinski definition) is 4. The van der Waals surface area contributed by atoms with Crippen molar-refractivity contribution in [2.24, 2.45) is 0 Å². The lowest BCUT2D eigenvalue weighted by Gasteiger charge is -2.03. The van der Waals surface area contributed by atoms with E-state index in [9.17, 15) is 4.79 Å². The van der Waals surface area contributed by atoms with Crippen molar-refractivity contribution >= 4 is 40.7 Å². The van der Waals surface area contributed by atoms with Gasteiger partial charge in [0.05, 0.1) is 17.0 Å². The SMILES string of the molecule is O=C(CSc1cnccn1)c1cc(Cl)ccc1Cl. The van der Waals surface area contributed by atoms with E-state index in [4.69, 9.17) is 23.2 Å². The van der Waals surface area contributed by atoms with Gasteiger partial charge in [0.15, 0.2) is 5.78 Å². The van der Waals surface area contributed by atoms with Crippen molar-refractivity contribution in [1.82, 2.24) is 9.97 Å². The number of halogens is 2. The first-order valence-electron chi connectivity index (χ1n) is 5.04. The van der Waals surface area contributed by atoms with Crippen LogP contribution in [-0.4, -0.2) is 21.5 Å². The average molecular weight is 299 g/mol. The van der Waals surface area contributed by atoms with E-state index < -0.39 is 0 Å². The lowest BCUT2D eigenvalue weighted by atomic mass is 10.1. The molecule has 0 fully saturated rings. The average Bonchev–Trinajstić information content (AvgIpc) is 2.40. The molecule has 0 spiro atoms. The Morgan fingerprint density at radius 2 is 2.11 bits per heavy atom. The molecule has 0 aliphatic carbocycles. The quantitative estimate of drug-likeness (QED) is 0.637. The second-order valence-corrected chi connectivity index (χ2v) is 5.22. The Balaban J connectivity index is 2.06. The first kappa shape index (κ1) is 13.3. The Morgan fingerprint density at radius 3 is 2.83 bits per heavy atom. The summed E-state index contributed by atoms with van der Waals surface area (Å²) in [5.74, 6) is 0.164. The van der Waals surface area contributed by atoms with Crippen molar-refractivity contribution in [2.75, 3.05) is 5.75 Å². The lowest BCUT2D eigenvalue weighted by Crippen LogP contribution is -2.03. The molecule has 0 unspecified atom stereocenters. The zero-order valence-electron chi connectivity index (χ0n) is 9.14. The van der Waals surface area contributed by atoms with E-state index in [-0.39, 0.29) is 11.5 Å². The van der Waals surface area contributed by atoms with Gasteiger partial charge in [-0.1, -0.05) is 35.0 Å². The van der Waals surface area contributed by atoms with E-state index in [2.05, 4.69) is 9.97 Å². The summed E-state index contributed by atoms with van der Waals surface area (Å²) in [4.78, 5) is 20.0. The third-order valence-electron chi connectivity index (χ3n) is 2.12. The minimum absolute atomic E-state index is 0.0850. The molecule has 18 heavy (non-hydrogen) atoms. The molecular weight excluding hydrogens is 291 g/mol. The number of ketones is 1. The number of carbonyl (C=O) groups is 1. The molecule has 92 valence electrons. The van der Waals surface area contributed by atoms with E-state index in [1.807, 2.05) is 0 Å². The van der Waals surface area contributed by atoms with Gasteiger partial charge in [-0.2, -0.15) is 0 Å². The lowest BCUT2D eigenvalue weighted by molar-refractivity contribution is 0.102. The van der Waals surface area contributed by atoms with Gasteiger partial charge in [-0.05, 0) is 18.2 Å². The molecule has 3 nitrogen and oxygen atoms in total. The van der Waals surface area contributed by atoms with Gasteiger partial charge in [-0.25, -0.2) is 4.98 Å². The van der Waals surface area contributed by atoms with E-state index in [1.165, 1.54) is 11.8 Å². The zero-order chi connectivity index (χ0) is 13.0. The first-order chi connectivity index (χ1) is 8.66. The van der Waals surface area contributed by atoms with Crippen LogP contribution in [0.1, 0.15) is 10.4 Å². The molecule has 0 atom stereocenters. The van der Waals surface area contributed by atoms with Crippen LogP contribution in [-0.2, 0) is 0 Å². The highest BCUT2D eigenvalue weighted by Crippen LogP contribution is 2.23. The van der Waals surface area contributed by atoms with Crippen LogP contribution in [0.3, 0.4) is 0 Å². The fraction of sp³-hybridized carbons (Fsp3) is 0.0833. The molecule has 0 radical (unpaired) electrons. The van der Waals surface area contributed by atoms with Gasteiger partial charge >= 0.3 is 0 Å². The fourth-order valence-corrected chi connectivity index (χ4v) is 2.39. The first-order valence-corrected chi connectivity index (χ1v) is 6.78. The highest BCUT2D eigenvalue weighted by atomic mass is 35.5. The number of nitrogens with zero attached hydrogens (tertiary/aromatic N) is 2. The second kappa shape index (κ2) is 6.18. The summed E-state index contributed by atoms with van der Waals surface area (Å²) in [6.45, 7) is 0.